The number of aromatic nitrogens is 3. The molecule has 11 rings (SSSR count). The van der Waals surface area contributed by atoms with Crippen molar-refractivity contribution in [3.63, 3.8) is 0 Å². The molecular weight excluding hydrogens is 687 g/mol. The van der Waals surface area contributed by atoms with Gasteiger partial charge < -0.3 is 8.83 Å². The van der Waals surface area contributed by atoms with Crippen LogP contribution in [0, 0.1) is 0 Å². The van der Waals surface area contributed by atoms with Crippen LogP contribution in [0.1, 0.15) is 0 Å². The maximum atomic E-state index is 6.80. The van der Waals surface area contributed by atoms with Gasteiger partial charge in [-0.25, -0.2) is 15.0 Å². The first-order valence-electron chi connectivity index (χ1n) is 18.7. The molecule has 11 aromatic rings. The van der Waals surface area contributed by atoms with Crippen molar-refractivity contribution >= 4 is 43.9 Å². The summed E-state index contributed by atoms with van der Waals surface area (Å²) in [4.78, 5) is 15.2. The van der Waals surface area contributed by atoms with E-state index in [1.807, 2.05) is 66.7 Å². The van der Waals surface area contributed by atoms with Crippen LogP contribution in [0.15, 0.2) is 197 Å². The number of furan rings is 2. The number of benzene rings is 8. The van der Waals surface area contributed by atoms with E-state index in [9.17, 15) is 0 Å². The van der Waals surface area contributed by atoms with E-state index in [1.54, 1.807) is 0 Å². The van der Waals surface area contributed by atoms with Gasteiger partial charge in [0, 0.05) is 38.2 Å². The molecule has 0 unspecified atom stereocenters. The number of hydrogen-bond acceptors (Lipinski definition) is 5. The Morgan fingerprint density at radius 3 is 1.68 bits per heavy atom. The predicted octanol–water partition coefficient (Wildman–Crippen LogP) is 13.7. The minimum atomic E-state index is 0.546. The lowest BCUT2D eigenvalue weighted by atomic mass is 9.94. The number of para-hydroxylation sites is 2. The molecule has 262 valence electrons. The average molecular weight is 718 g/mol. The van der Waals surface area contributed by atoms with E-state index in [1.165, 1.54) is 0 Å². The maximum absolute atomic E-state index is 6.80. The summed E-state index contributed by atoms with van der Waals surface area (Å²) in [6, 6.07) is 64.4. The van der Waals surface area contributed by atoms with Crippen LogP contribution in [0.3, 0.4) is 0 Å². The summed E-state index contributed by atoms with van der Waals surface area (Å²) in [6.45, 7) is 0. The smallest absolute Gasteiger partial charge is 0.167 e. The second kappa shape index (κ2) is 13.0. The van der Waals surface area contributed by atoms with Crippen LogP contribution < -0.4 is 0 Å². The summed E-state index contributed by atoms with van der Waals surface area (Å²) in [5.74, 6) is 1.74. The maximum Gasteiger partial charge on any atom is 0.167 e. The fourth-order valence-electron chi connectivity index (χ4n) is 7.87. The van der Waals surface area contributed by atoms with E-state index < -0.39 is 0 Å². The molecule has 56 heavy (non-hydrogen) atoms. The molecule has 0 spiro atoms. The lowest BCUT2D eigenvalue weighted by molar-refractivity contribution is 0.668. The van der Waals surface area contributed by atoms with E-state index in [-0.39, 0.29) is 0 Å². The van der Waals surface area contributed by atoms with Crippen molar-refractivity contribution in [2.75, 3.05) is 0 Å². The molecule has 5 nitrogen and oxygen atoms in total. The van der Waals surface area contributed by atoms with Gasteiger partial charge in [-0.15, -0.1) is 0 Å². The van der Waals surface area contributed by atoms with E-state index in [4.69, 9.17) is 23.8 Å². The summed E-state index contributed by atoms with van der Waals surface area (Å²) in [6.07, 6.45) is 0. The average Bonchev–Trinajstić information content (AvgIpc) is 3.86. The monoisotopic (exact) mass is 717 g/mol. The number of fused-ring (bicyclic) bond motifs is 6. The van der Waals surface area contributed by atoms with Crippen LogP contribution in [-0.4, -0.2) is 15.0 Å². The Morgan fingerprint density at radius 1 is 0.286 bits per heavy atom. The van der Waals surface area contributed by atoms with E-state index in [0.29, 0.717) is 17.5 Å². The fourth-order valence-corrected chi connectivity index (χ4v) is 7.87. The normalized spacial score (nSPS) is 11.6. The molecule has 0 saturated carbocycles. The molecule has 0 atom stereocenters. The zero-order chi connectivity index (χ0) is 37.0. The van der Waals surface area contributed by atoms with Crippen molar-refractivity contribution in [2.45, 2.75) is 0 Å². The van der Waals surface area contributed by atoms with Gasteiger partial charge in [-0.3, -0.25) is 0 Å². The third kappa shape index (κ3) is 5.37. The zero-order valence-electron chi connectivity index (χ0n) is 30.1. The Kier molecular flexibility index (Phi) is 7.42. The van der Waals surface area contributed by atoms with Gasteiger partial charge in [-0.1, -0.05) is 152 Å². The molecule has 0 bridgehead atoms. The third-order valence-corrected chi connectivity index (χ3v) is 10.6. The number of nitrogens with zero attached hydrogens (tertiary/aromatic N) is 3. The van der Waals surface area contributed by atoms with Crippen LogP contribution in [0.5, 0.6) is 0 Å². The Bertz CT molecular complexity index is 3240. The summed E-state index contributed by atoms with van der Waals surface area (Å²) in [5.41, 5.74) is 12.4. The van der Waals surface area contributed by atoms with Crippen molar-refractivity contribution in [3.05, 3.63) is 188 Å². The topological polar surface area (TPSA) is 65.0 Å². The molecule has 0 N–H and O–H groups in total. The number of rotatable bonds is 6. The van der Waals surface area contributed by atoms with E-state index >= 15 is 0 Å². The second-order valence-electron chi connectivity index (χ2n) is 13.9. The molecule has 3 heterocycles. The summed E-state index contributed by atoms with van der Waals surface area (Å²) >= 11 is 0. The summed E-state index contributed by atoms with van der Waals surface area (Å²) in [7, 11) is 0. The van der Waals surface area contributed by atoms with Crippen molar-refractivity contribution < 1.29 is 8.83 Å². The highest BCUT2D eigenvalue weighted by Crippen LogP contribution is 2.43. The van der Waals surface area contributed by atoms with Gasteiger partial charge >= 0.3 is 0 Å². The van der Waals surface area contributed by atoms with Gasteiger partial charge in [-0.2, -0.15) is 0 Å². The van der Waals surface area contributed by atoms with Gasteiger partial charge in [0.15, 0.2) is 17.5 Å². The highest BCUT2D eigenvalue weighted by molar-refractivity contribution is 6.17. The quantitative estimate of drug-likeness (QED) is 0.171. The predicted molar refractivity (Wildman–Crippen MR) is 227 cm³/mol. The van der Waals surface area contributed by atoms with Gasteiger partial charge in [0.1, 0.15) is 22.3 Å². The molecule has 5 heteroatoms. The van der Waals surface area contributed by atoms with Crippen LogP contribution in [0.25, 0.3) is 111 Å². The van der Waals surface area contributed by atoms with Crippen molar-refractivity contribution in [2.24, 2.45) is 0 Å². The molecule has 0 saturated heterocycles. The molecule has 0 aliphatic rings. The first-order chi connectivity index (χ1) is 27.7. The SMILES string of the molecule is c1ccc(-c2cccc(-c3nc(-c4ccccc4)nc(-c4cccc5c4oc4cc(-c6ccc(-c7ccccc7)c7c6oc6ccccc67)ccc45)n3)c2)cc1. The first-order valence-corrected chi connectivity index (χ1v) is 18.7. The Morgan fingerprint density at radius 2 is 0.875 bits per heavy atom. The van der Waals surface area contributed by atoms with Crippen molar-refractivity contribution in [1.82, 2.24) is 15.0 Å². The fraction of sp³-hybridized carbons (Fsp3) is 0. The highest BCUT2D eigenvalue weighted by Gasteiger charge is 2.21. The summed E-state index contributed by atoms with van der Waals surface area (Å²) < 4.78 is 13.4. The van der Waals surface area contributed by atoms with E-state index in [2.05, 4.69) is 121 Å². The molecule has 0 aliphatic heterocycles. The largest absolute Gasteiger partial charge is 0.455 e. The van der Waals surface area contributed by atoms with E-state index in [0.717, 1.165) is 93.9 Å². The second-order valence-corrected chi connectivity index (χ2v) is 13.9. The Balaban J connectivity index is 1.07. The molecule has 3 aromatic heterocycles. The minimum Gasteiger partial charge on any atom is -0.455 e. The Hall–Kier alpha value is -7.63. The highest BCUT2D eigenvalue weighted by atomic mass is 16.3. The third-order valence-electron chi connectivity index (χ3n) is 10.6. The minimum absolute atomic E-state index is 0.546. The molecule has 0 fully saturated rings. The molecule has 0 amide bonds. The van der Waals surface area contributed by atoms with Crippen molar-refractivity contribution in [3.8, 4) is 67.5 Å². The summed E-state index contributed by atoms with van der Waals surface area (Å²) in [5, 5.41) is 4.20. The van der Waals surface area contributed by atoms with Gasteiger partial charge in [-0.05, 0) is 64.2 Å². The van der Waals surface area contributed by atoms with Gasteiger partial charge in [0.2, 0.25) is 0 Å². The zero-order valence-corrected chi connectivity index (χ0v) is 30.1. The lowest BCUT2D eigenvalue weighted by Gasteiger charge is -2.10. The van der Waals surface area contributed by atoms with Crippen LogP contribution >= 0.6 is 0 Å². The first kappa shape index (κ1) is 31.9. The molecule has 0 radical (unpaired) electrons. The molecular formula is C51H31N3O2. The van der Waals surface area contributed by atoms with Crippen LogP contribution in [0.2, 0.25) is 0 Å². The number of hydrogen-bond donors (Lipinski definition) is 0. The lowest BCUT2D eigenvalue weighted by Crippen LogP contribution is -2.00. The van der Waals surface area contributed by atoms with Crippen LogP contribution in [0.4, 0.5) is 0 Å². The van der Waals surface area contributed by atoms with Gasteiger partial charge in [0.25, 0.3) is 0 Å². The van der Waals surface area contributed by atoms with Crippen molar-refractivity contribution in [1.29, 1.82) is 0 Å². The van der Waals surface area contributed by atoms with Gasteiger partial charge in [0.05, 0.1) is 5.56 Å². The molecule has 0 aliphatic carbocycles. The molecule has 8 aromatic carbocycles. The van der Waals surface area contributed by atoms with Crippen LogP contribution in [-0.2, 0) is 0 Å². The Labute approximate surface area is 322 Å². The standard InChI is InChI=1S/C51H31N3O2/c1-4-14-32(15-5-1)35-20-12-21-37(30-35)50-52-49(34-18-8-3-9-19-34)53-51(54-50)43-24-13-23-41-40-27-26-36(31-45(40)56-47(41)43)39-29-28-38(33-16-6-2-7-17-33)46-42-22-10-11-25-44(42)55-48(39)46/h1-31H.